The minimum Gasteiger partial charge on any atom is -0.404 e. The second-order valence-electron chi connectivity index (χ2n) is 8.66. The zero-order chi connectivity index (χ0) is 28.8. The number of rotatable bonds is 6. The van der Waals surface area contributed by atoms with Gasteiger partial charge in [-0.2, -0.15) is 0 Å². The van der Waals surface area contributed by atoms with E-state index >= 15 is 0 Å². The van der Waals surface area contributed by atoms with Gasteiger partial charge in [0.15, 0.2) is 29.0 Å². The van der Waals surface area contributed by atoms with Crippen LogP contribution in [0.25, 0.3) is 16.9 Å². The molecule has 1 fully saturated rings. The highest BCUT2D eigenvalue weighted by molar-refractivity contribution is 5.58. The standard InChI is InChI=1S/C23H18F6N6O5/c24-11-5-10(6-12(25)17(11)26)13-7-35(33-31-13)18-19(37)16(8-36)39-21(20(18)38)22-32-30-9-34(22)14-3-1-2-4-15(14)40-23(27,28)29/h1-7,9,16,18-21,36-38H,8H2/t16-,18+,19+,20-,21-/m1/s1. The minimum absolute atomic E-state index is 0.151. The van der Waals surface area contributed by atoms with E-state index in [9.17, 15) is 41.7 Å². The molecule has 3 N–H and O–H groups in total. The van der Waals surface area contributed by atoms with Crippen LogP contribution >= 0.6 is 0 Å². The van der Waals surface area contributed by atoms with Crippen LogP contribution < -0.4 is 4.74 Å². The van der Waals surface area contributed by atoms with Crippen molar-refractivity contribution in [1.82, 2.24) is 29.8 Å². The maximum Gasteiger partial charge on any atom is 0.573 e. The Kier molecular flexibility index (Phi) is 7.21. The van der Waals surface area contributed by atoms with Gasteiger partial charge in [0.05, 0.1) is 18.5 Å². The quantitative estimate of drug-likeness (QED) is 0.234. The first kappa shape index (κ1) is 27.5. The van der Waals surface area contributed by atoms with E-state index in [-0.39, 0.29) is 22.8 Å². The van der Waals surface area contributed by atoms with Crippen molar-refractivity contribution >= 4 is 0 Å². The van der Waals surface area contributed by atoms with E-state index in [0.29, 0.717) is 12.1 Å². The molecule has 5 rings (SSSR count). The Bertz CT molecular complexity index is 1490. The van der Waals surface area contributed by atoms with Gasteiger partial charge in [0, 0.05) is 5.56 Å². The number of halogens is 6. The van der Waals surface area contributed by atoms with Crippen LogP contribution in [0.1, 0.15) is 18.0 Å². The fraction of sp³-hybridized carbons (Fsp3) is 0.304. The topological polar surface area (TPSA) is 141 Å². The van der Waals surface area contributed by atoms with Gasteiger partial charge in [-0.3, -0.25) is 4.57 Å². The van der Waals surface area contributed by atoms with Gasteiger partial charge in [-0.15, -0.1) is 28.5 Å². The molecule has 0 radical (unpaired) electrons. The SMILES string of the molecule is OC[C@H]1O[C@@H](c2nncn2-c2ccccc2OC(F)(F)F)[C@H](O)[C@@H](n2cc(-c3cc(F)c(F)c(F)c3)nn2)[C@H]1O. The number of aliphatic hydroxyl groups excluding tert-OH is 3. The van der Waals surface area contributed by atoms with Crippen LogP contribution in [0, 0.1) is 17.5 Å². The lowest BCUT2D eigenvalue weighted by Gasteiger charge is -2.41. The normalized spacial score (nSPS) is 23.4. The summed E-state index contributed by atoms with van der Waals surface area (Å²) < 4.78 is 91.6. The largest absolute Gasteiger partial charge is 0.573 e. The molecule has 0 aliphatic carbocycles. The summed E-state index contributed by atoms with van der Waals surface area (Å²) in [4.78, 5) is 0. The first-order chi connectivity index (χ1) is 19.0. The molecular weight excluding hydrogens is 554 g/mol. The van der Waals surface area contributed by atoms with E-state index in [1.165, 1.54) is 18.2 Å². The molecule has 1 aliphatic rings. The number of aromatic nitrogens is 6. The molecular formula is C23H18F6N6O5. The Hall–Kier alpha value is -4.06. The van der Waals surface area contributed by atoms with Gasteiger partial charge in [0.2, 0.25) is 0 Å². The van der Waals surface area contributed by atoms with Crippen molar-refractivity contribution < 1.29 is 51.1 Å². The Balaban J connectivity index is 1.52. The van der Waals surface area contributed by atoms with Gasteiger partial charge in [-0.05, 0) is 24.3 Å². The number of nitrogens with zero attached hydrogens (tertiary/aromatic N) is 6. The summed E-state index contributed by atoms with van der Waals surface area (Å²) in [5.41, 5.74) is -0.514. The molecule has 0 bridgehead atoms. The lowest BCUT2D eigenvalue weighted by molar-refractivity contribution is -0.274. The summed E-state index contributed by atoms with van der Waals surface area (Å²) in [5, 5.41) is 47.1. The molecule has 0 saturated carbocycles. The number of alkyl halides is 3. The first-order valence-electron chi connectivity index (χ1n) is 11.4. The van der Waals surface area contributed by atoms with Gasteiger partial charge in [0.1, 0.15) is 42.5 Å². The third kappa shape index (κ3) is 5.10. The first-order valence-corrected chi connectivity index (χ1v) is 11.4. The number of hydrogen-bond donors (Lipinski definition) is 3. The molecule has 40 heavy (non-hydrogen) atoms. The number of para-hydroxylation sites is 2. The molecule has 11 nitrogen and oxygen atoms in total. The molecule has 1 aliphatic heterocycles. The Morgan fingerprint density at radius 2 is 1.70 bits per heavy atom. The smallest absolute Gasteiger partial charge is 0.404 e. The molecule has 17 heteroatoms. The lowest BCUT2D eigenvalue weighted by Crippen LogP contribution is -2.53. The van der Waals surface area contributed by atoms with Crippen LogP contribution in [0.15, 0.2) is 48.9 Å². The summed E-state index contributed by atoms with van der Waals surface area (Å²) in [6.07, 6.45) is -9.08. The molecule has 5 atom stereocenters. The summed E-state index contributed by atoms with van der Waals surface area (Å²) in [5.74, 6) is -5.48. The van der Waals surface area contributed by atoms with Gasteiger partial charge < -0.3 is 24.8 Å². The Morgan fingerprint density at radius 1 is 1.00 bits per heavy atom. The summed E-state index contributed by atoms with van der Waals surface area (Å²) >= 11 is 0. The van der Waals surface area contributed by atoms with Crippen molar-refractivity contribution in [3.63, 3.8) is 0 Å². The van der Waals surface area contributed by atoms with Crippen molar-refractivity contribution in [2.45, 2.75) is 36.8 Å². The van der Waals surface area contributed by atoms with Crippen LogP contribution in [-0.2, 0) is 4.74 Å². The second kappa shape index (κ2) is 10.5. The molecule has 0 unspecified atom stereocenters. The number of ether oxygens (including phenoxy) is 2. The van der Waals surface area contributed by atoms with Crippen LogP contribution in [0.2, 0.25) is 0 Å². The molecule has 1 saturated heterocycles. The summed E-state index contributed by atoms with van der Waals surface area (Å²) in [7, 11) is 0. The highest BCUT2D eigenvalue weighted by atomic mass is 19.4. The molecule has 2 aromatic carbocycles. The Morgan fingerprint density at radius 3 is 2.38 bits per heavy atom. The maximum atomic E-state index is 13.7. The minimum atomic E-state index is -5.02. The summed E-state index contributed by atoms with van der Waals surface area (Å²) in [6.45, 7) is -0.765. The Labute approximate surface area is 219 Å². The monoisotopic (exact) mass is 572 g/mol. The van der Waals surface area contributed by atoms with Gasteiger partial charge >= 0.3 is 6.36 Å². The van der Waals surface area contributed by atoms with E-state index < -0.39 is 66.6 Å². The van der Waals surface area contributed by atoms with Gasteiger partial charge in [-0.1, -0.05) is 17.3 Å². The van der Waals surface area contributed by atoms with E-state index in [0.717, 1.165) is 27.8 Å². The molecule has 0 amide bonds. The highest BCUT2D eigenvalue weighted by Gasteiger charge is 2.48. The maximum absolute atomic E-state index is 13.7. The van der Waals surface area contributed by atoms with Crippen molar-refractivity contribution in [2.24, 2.45) is 0 Å². The van der Waals surface area contributed by atoms with Gasteiger partial charge in [0.25, 0.3) is 0 Å². The van der Waals surface area contributed by atoms with E-state index in [2.05, 4.69) is 25.2 Å². The predicted molar refractivity (Wildman–Crippen MR) is 119 cm³/mol. The summed E-state index contributed by atoms with van der Waals surface area (Å²) in [6, 6.07) is 4.96. The third-order valence-electron chi connectivity index (χ3n) is 6.17. The molecule has 3 heterocycles. The third-order valence-corrected chi connectivity index (χ3v) is 6.17. The fourth-order valence-corrected chi connectivity index (χ4v) is 4.38. The lowest BCUT2D eigenvalue weighted by atomic mass is 9.92. The van der Waals surface area contributed by atoms with Crippen molar-refractivity contribution in [3.8, 4) is 22.7 Å². The second-order valence-corrected chi connectivity index (χ2v) is 8.66. The highest BCUT2D eigenvalue weighted by Crippen LogP contribution is 2.39. The average Bonchev–Trinajstić information content (AvgIpc) is 3.57. The van der Waals surface area contributed by atoms with Crippen LogP contribution in [-0.4, -0.2) is 76.4 Å². The number of hydrogen-bond acceptors (Lipinski definition) is 9. The zero-order valence-electron chi connectivity index (χ0n) is 19.8. The molecule has 2 aromatic heterocycles. The number of benzene rings is 2. The van der Waals surface area contributed by atoms with Crippen molar-refractivity contribution in [1.29, 1.82) is 0 Å². The molecule has 4 aromatic rings. The fourth-order valence-electron chi connectivity index (χ4n) is 4.38. The van der Waals surface area contributed by atoms with E-state index in [4.69, 9.17) is 4.74 Å². The average molecular weight is 572 g/mol. The van der Waals surface area contributed by atoms with Crippen LogP contribution in [0.3, 0.4) is 0 Å². The van der Waals surface area contributed by atoms with Crippen LogP contribution in [0.4, 0.5) is 26.3 Å². The number of aliphatic hydroxyl groups is 3. The zero-order valence-corrected chi connectivity index (χ0v) is 19.8. The van der Waals surface area contributed by atoms with E-state index in [1.54, 1.807) is 0 Å². The molecule has 0 spiro atoms. The van der Waals surface area contributed by atoms with Crippen LogP contribution in [0.5, 0.6) is 5.75 Å². The van der Waals surface area contributed by atoms with E-state index in [1.807, 2.05) is 0 Å². The van der Waals surface area contributed by atoms with Crippen molar-refractivity contribution in [2.75, 3.05) is 6.61 Å². The predicted octanol–water partition coefficient (Wildman–Crippen LogP) is 2.24. The van der Waals surface area contributed by atoms with Crippen molar-refractivity contribution in [3.05, 3.63) is 72.2 Å². The van der Waals surface area contributed by atoms with Gasteiger partial charge in [-0.25, -0.2) is 17.9 Å². The molecule has 212 valence electrons.